The number of hydrogen-bond acceptors (Lipinski definition) is 3. The molecule has 0 bridgehead atoms. The molecular weight excluding hydrogens is 465 g/mol. The Hall–Kier alpha value is -1.58. The van der Waals surface area contributed by atoms with Crippen molar-refractivity contribution in [3.05, 3.63) is 34.9 Å². The van der Waals surface area contributed by atoms with Crippen LogP contribution in [0.3, 0.4) is 0 Å². The molecule has 3 rings (SSSR count). The Balaban J connectivity index is 0.00000280. The summed E-state index contributed by atoms with van der Waals surface area (Å²) in [6.45, 7) is 7.25. The summed E-state index contributed by atoms with van der Waals surface area (Å²) in [4.78, 5) is 6.92. The average molecular weight is 499 g/mol. The lowest BCUT2D eigenvalue weighted by Crippen LogP contribution is -2.40. The second-order valence-electron chi connectivity index (χ2n) is 7.43. The zero-order valence-corrected chi connectivity index (χ0v) is 20.1. The first-order valence-corrected chi connectivity index (χ1v) is 10.0. The highest BCUT2D eigenvalue weighted by Gasteiger charge is 2.25. The zero-order chi connectivity index (χ0) is 19.4. The van der Waals surface area contributed by atoms with E-state index in [1.165, 1.54) is 28.9 Å². The summed E-state index contributed by atoms with van der Waals surface area (Å²) < 4.78 is 3.91. The van der Waals surface area contributed by atoms with Gasteiger partial charge in [0.15, 0.2) is 5.96 Å². The summed E-state index contributed by atoms with van der Waals surface area (Å²) in [5.41, 5.74) is 5.15. The fourth-order valence-electron chi connectivity index (χ4n) is 4.20. The van der Waals surface area contributed by atoms with Gasteiger partial charge in [-0.3, -0.25) is 14.4 Å². The van der Waals surface area contributed by atoms with E-state index in [-0.39, 0.29) is 24.0 Å². The summed E-state index contributed by atoms with van der Waals surface area (Å²) in [6, 6.07) is 0. The van der Waals surface area contributed by atoms with Crippen molar-refractivity contribution in [2.45, 2.75) is 46.1 Å². The Bertz CT molecular complexity index is 793. The van der Waals surface area contributed by atoms with E-state index in [9.17, 15) is 0 Å². The van der Waals surface area contributed by atoms with Crippen LogP contribution in [0.1, 0.15) is 42.8 Å². The molecule has 8 heteroatoms. The maximum absolute atomic E-state index is 4.68. The molecule has 1 atom stereocenters. The van der Waals surface area contributed by atoms with Crippen molar-refractivity contribution in [3.8, 4) is 0 Å². The van der Waals surface area contributed by atoms with Gasteiger partial charge >= 0.3 is 0 Å². The van der Waals surface area contributed by atoms with Gasteiger partial charge in [-0.1, -0.05) is 13.8 Å². The fourth-order valence-corrected chi connectivity index (χ4v) is 4.20. The summed E-state index contributed by atoms with van der Waals surface area (Å²) in [5, 5.41) is 12.5. The number of guanidine groups is 1. The SMILES string of the molecule is CCc1nn(C)c(CC)c1CNC(=NC)N1CCC(Cc2cnn(C)c2)C1.I. The summed E-state index contributed by atoms with van der Waals surface area (Å²) >= 11 is 0. The normalized spacial score (nSPS) is 17.1. The Morgan fingerprint density at radius 3 is 2.68 bits per heavy atom. The third-order valence-corrected chi connectivity index (χ3v) is 5.53. The molecule has 156 valence electrons. The predicted octanol–water partition coefficient (Wildman–Crippen LogP) is 2.54. The summed E-state index contributed by atoms with van der Waals surface area (Å²) in [7, 11) is 5.89. The van der Waals surface area contributed by atoms with Crippen molar-refractivity contribution in [3.63, 3.8) is 0 Å². The van der Waals surface area contributed by atoms with Gasteiger partial charge < -0.3 is 10.2 Å². The molecule has 1 N–H and O–H groups in total. The molecule has 0 radical (unpaired) electrons. The first-order chi connectivity index (χ1) is 13.0. The minimum atomic E-state index is 0. The monoisotopic (exact) mass is 499 g/mol. The van der Waals surface area contributed by atoms with Crippen LogP contribution < -0.4 is 5.32 Å². The van der Waals surface area contributed by atoms with Gasteiger partial charge in [-0.25, -0.2) is 0 Å². The number of aromatic nitrogens is 4. The molecule has 28 heavy (non-hydrogen) atoms. The first-order valence-electron chi connectivity index (χ1n) is 10.0. The topological polar surface area (TPSA) is 63.3 Å². The van der Waals surface area contributed by atoms with Crippen LogP contribution in [0, 0.1) is 5.92 Å². The van der Waals surface area contributed by atoms with E-state index in [0.29, 0.717) is 5.92 Å². The van der Waals surface area contributed by atoms with Gasteiger partial charge in [-0.05, 0) is 37.2 Å². The molecule has 2 aromatic rings. The number of halogens is 1. The summed E-state index contributed by atoms with van der Waals surface area (Å²) in [5.74, 6) is 1.65. The largest absolute Gasteiger partial charge is 0.352 e. The van der Waals surface area contributed by atoms with Crippen molar-refractivity contribution < 1.29 is 0 Å². The van der Waals surface area contributed by atoms with Gasteiger partial charge in [0, 0.05) is 58.2 Å². The maximum Gasteiger partial charge on any atom is 0.193 e. The highest BCUT2D eigenvalue weighted by atomic mass is 127. The molecule has 1 aliphatic rings. The molecule has 1 fully saturated rings. The van der Waals surface area contributed by atoms with E-state index in [0.717, 1.165) is 44.9 Å². The van der Waals surface area contributed by atoms with Gasteiger partial charge in [-0.2, -0.15) is 10.2 Å². The molecule has 2 aromatic heterocycles. The van der Waals surface area contributed by atoms with Crippen LogP contribution in [0.2, 0.25) is 0 Å². The number of hydrogen-bond donors (Lipinski definition) is 1. The Kier molecular flexibility index (Phi) is 8.33. The number of rotatable bonds is 6. The van der Waals surface area contributed by atoms with Gasteiger partial charge in [0.2, 0.25) is 0 Å². The zero-order valence-electron chi connectivity index (χ0n) is 17.8. The smallest absolute Gasteiger partial charge is 0.193 e. The average Bonchev–Trinajstić information content (AvgIpc) is 3.35. The Morgan fingerprint density at radius 2 is 2.07 bits per heavy atom. The third kappa shape index (κ3) is 5.07. The molecule has 0 saturated carbocycles. The molecule has 0 aromatic carbocycles. The molecule has 1 unspecified atom stereocenters. The Morgan fingerprint density at radius 1 is 1.29 bits per heavy atom. The molecule has 0 aliphatic carbocycles. The Labute approximate surface area is 185 Å². The predicted molar refractivity (Wildman–Crippen MR) is 124 cm³/mol. The number of aliphatic imine (C=N–C) groups is 1. The van der Waals surface area contributed by atoms with Gasteiger partial charge in [0.25, 0.3) is 0 Å². The lowest BCUT2D eigenvalue weighted by molar-refractivity contribution is 0.459. The minimum Gasteiger partial charge on any atom is -0.352 e. The highest BCUT2D eigenvalue weighted by molar-refractivity contribution is 14.0. The van der Waals surface area contributed by atoms with Crippen LogP contribution in [0.15, 0.2) is 17.4 Å². The molecule has 0 amide bonds. The quantitative estimate of drug-likeness (QED) is 0.377. The molecule has 3 heterocycles. The molecular formula is C20H34IN7. The van der Waals surface area contributed by atoms with Crippen LogP contribution in [0.5, 0.6) is 0 Å². The van der Waals surface area contributed by atoms with E-state index < -0.39 is 0 Å². The van der Waals surface area contributed by atoms with E-state index in [4.69, 9.17) is 0 Å². The van der Waals surface area contributed by atoms with Crippen molar-refractivity contribution >= 4 is 29.9 Å². The van der Waals surface area contributed by atoms with E-state index in [2.05, 4.69) is 45.5 Å². The van der Waals surface area contributed by atoms with E-state index in [1.807, 2.05) is 36.7 Å². The van der Waals surface area contributed by atoms with Gasteiger partial charge in [-0.15, -0.1) is 24.0 Å². The first kappa shape index (κ1) is 22.7. The van der Waals surface area contributed by atoms with Crippen molar-refractivity contribution in [2.24, 2.45) is 25.0 Å². The maximum atomic E-state index is 4.68. The van der Waals surface area contributed by atoms with Gasteiger partial charge in [0.1, 0.15) is 0 Å². The minimum absolute atomic E-state index is 0. The van der Waals surface area contributed by atoms with Crippen molar-refractivity contribution in [1.82, 2.24) is 29.8 Å². The molecule has 1 saturated heterocycles. The van der Waals surface area contributed by atoms with Crippen LogP contribution in [-0.2, 0) is 39.9 Å². The number of nitrogens with zero attached hydrogens (tertiary/aromatic N) is 6. The van der Waals surface area contributed by atoms with Crippen molar-refractivity contribution in [2.75, 3.05) is 20.1 Å². The molecule has 7 nitrogen and oxygen atoms in total. The lowest BCUT2D eigenvalue weighted by atomic mass is 10.0. The van der Waals surface area contributed by atoms with Crippen LogP contribution >= 0.6 is 24.0 Å². The second-order valence-corrected chi connectivity index (χ2v) is 7.43. The molecule has 0 spiro atoms. The van der Waals surface area contributed by atoms with Gasteiger partial charge in [0.05, 0.1) is 11.9 Å². The lowest BCUT2D eigenvalue weighted by Gasteiger charge is -2.22. The number of nitrogens with one attached hydrogen (secondary N) is 1. The summed E-state index contributed by atoms with van der Waals surface area (Å²) in [6.07, 6.45) is 8.34. The fraction of sp³-hybridized carbons (Fsp3) is 0.650. The number of aryl methyl sites for hydroxylation is 3. The van der Waals surface area contributed by atoms with Crippen LogP contribution in [-0.4, -0.2) is 50.6 Å². The molecule has 1 aliphatic heterocycles. The number of likely N-dealkylation sites (tertiary alicyclic amines) is 1. The van der Waals surface area contributed by atoms with Crippen LogP contribution in [0.25, 0.3) is 0 Å². The second kappa shape index (κ2) is 10.3. The third-order valence-electron chi connectivity index (χ3n) is 5.53. The van der Waals surface area contributed by atoms with Crippen LogP contribution in [0.4, 0.5) is 0 Å². The standard InChI is InChI=1S/C20H33N7.HI/c1-6-18-17(19(7-2)26(5)24-18)12-22-20(21-3)27-9-8-15(14-27)10-16-11-23-25(4)13-16;/h11,13,15H,6-10,12,14H2,1-5H3,(H,21,22);1H. The van der Waals surface area contributed by atoms with E-state index in [1.54, 1.807) is 0 Å². The van der Waals surface area contributed by atoms with Crippen molar-refractivity contribution in [1.29, 1.82) is 0 Å². The van der Waals surface area contributed by atoms with E-state index >= 15 is 0 Å². The highest BCUT2D eigenvalue weighted by Crippen LogP contribution is 2.21.